The number of anilines is 1. The normalized spacial score (nSPS) is 16.4. The summed E-state index contributed by atoms with van der Waals surface area (Å²) < 4.78 is 29.7. The highest BCUT2D eigenvalue weighted by molar-refractivity contribution is 9.11. The SMILES string of the molecule is CN1CCCC1=NS(=O)(=O)c1ccc(NC(=O)C=Cc2ccc(Br)s2)cc1. The van der Waals surface area contributed by atoms with Gasteiger partial charge in [0.25, 0.3) is 10.0 Å². The number of thiophene rings is 1. The minimum absolute atomic E-state index is 0.104. The van der Waals surface area contributed by atoms with Crippen LogP contribution in [0.2, 0.25) is 0 Å². The number of hydrogen-bond donors (Lipinski definition) is 1. The van der Waals surface area contributed by atoms with Crippen molar-refractivity contribution in [1.29, 1.82) is 0 Å². The molecule has 1 aromatic carbocycles. The Kier molecular flexibility index (Phi) is 6.13. The van der Waals surface area contributed by atoms with Crippen LogP contribution in [0.4, 0.5) is 5.69 Å². The molecule has 1 amide bonds. The summed E-state index contributed by atoms with van der Waals surface area (Å²) in [7, 11) is -1.91. The third-order valence-electron chi connectivity index (χ3n) is 3.97. The number of amides is 1. The van der Waals surface area contributed by atoms with Crippen molar-refractivity contribution >= 4 is 60.8 Å². The highest BCUT2D eigenvalue weighted by atomic mass is 79.9. The molecule has 1 saturated heterocycles. The Labute approximate surface area is 170 Å². The van der Waals surface area contributed by atoms with E-state index in [-0.39, 0.29) is 10.8 Å². The van der Waals surface area contributed by atoms with E-state index in [9.17, 15) is 13.2 Å². The van der Waals surface area contributed by atoms with Crippen molar-refractivity contribution in [1.82, 2.24) is 4.90 Å². The van der Waals surface area contributed by atoms with Gasteiger partial charge in [0.15, 0.2) is 0 Å². The fraction of sp³-hybridized carbons (Fsp3) is 0.222. The van der Waals surface area contributed by atoms with Gasteiger partial charge >= 0.3 is 0 Å². The fourth-order valence-corrected chi connectivity index (χ4v) is 4.99. The zero-order valence-electron chi connectivity index (χ0n) is 14.6. The summed E-state index contributed by atoms with van der Waals surface area (Å²) in [5, 5.41) is 2.71. The Morgan fingerprint density at radius 3 is 2.59 bits per heavy atom. The molecule has 27 heavy (non-hydrogen) atoms. The molecule has 0 radical (unpaired) electrons. The molecule has 0 atom stereocenters. The van der Waals surface area contributed by atoms with Crippen LogP contribution in [0.25, 0.3) is 6.08 Å². The quantitative estimate of drug-likeness (QED) is 0.674. The van der Waals surface area contributed by atoms with Crippen LogP contribution in [0.1, 0.15) is 17.7 Å². The molecule has 0 saturated carbocycles. The van der Waals surface area contributed by atoms with Gasteiger partial charge < -0.3 is 10.2 Å². The molecular formula is C18H18BrN3O3S2. The number of sulfonamides is 1. The van der Waals surface area contributed by atoms with Crippen LogP contribution in [0.3, 0.4) is 0 Å². The number of nitrogens with zero attached hydrogens (tertiary/aromatic N) is 2. The van der Waals surface area contributed by atoms with E-state index >= 15 is 0 Å². The molecule has 1 aliphatic heterocycles. The van der Waals surface area contributed by atoms with Gasteiger partial charge in [0.05, 0.1) is 8.68 Å². The van der Waals surface area contributed by atoms with E-state index < -0.39 is 10.0 Å². The first-order chi connectivity index (χ1) is 12.8. The molecule has 1 fully saturated rings. The average Bonchev–Trinajstić information content (AvgIpc) is 3.22. The molecule has 142 valence electrons. The molecule has 0 aliphatic carbocycles. The predicted octanol–water partition coefficient (Wildman–Crippen LogP) is 3.98. The van der Waals surface area contributed by atoms with Gasteiger partial charge in [-0.3, -0.25) is 4.79 Å². The largest absolute Gasteiger partial charge is 0.362 e. The van der Waals surface area contributed by atoms with Crippen molar-refractivity contribution < 1.29 is 13.2 Å². The van der Waals surface area contributed by atoms with Crippen LogP contribution >= 0.6 is 27.3 Å². The van der Waals surface area contributed by atoms with Gasteiger partial charge in [0, 0.05) is 36.7 Å². The second-order valence-corrected chi connectivity index (χ2v) is 10.1. The van der Waals surface area contributed by atoms with Gasteiger partial charge in [-0.15, -0.1) is 15.7 Å². The molecule has 1 aliphatic rings. The topological polar surface area (TPSA) is 78.8 Å². The Hall–Kier alpha value is -1.97. The monoisotopic (exact) mass is 467 g/mol. The summed E-state index contributed by atoms with van der Waals surface area (Å²) in [4.78, 5) is 14.9. The van der Waals surface area contributed by atoms with Gasteiger partial charge in [-0.25, -0.2) is 0 Å². The van der Waals surface area contributed by atoms with Gasteiger partial charge in [-0.2, -0.15) is 8.42 Å². The first kappa shape index (κ1) is 19.8. The number of amidine groups is 1. The molecule has 1 aromatic heterocycles. The lowest BCUT2D eigenvalue weighted by molar-refractivity contribution is -0.111. The summed E-state index contributed by atoms with van der Waals surface area (Å²) in [5.74, 6) is 0.292. The minimum Gasteiger partial charge on any atom is -0.362 e. The van der Waals surface area contributed by atoms with E-state index in [0.717, 1.165) is 21.6 Å². The number of hydrogen-bond acceptors (Lipinski definition) is 4. The maximum Gasteiger partial charge on any atom is 0.283 e. The number of likely N-dealkylation sites (tertiary alicyclic amines) is 1. The van der Waals surface area contributed by atoms with Crippen LogP contribution in [0, 0.1) is 0 Å². The van der Waals surface area contributed by atoms with Gasteiger partial charge in [0.1, 0.15) is 5.84 Å². The molecule has 9 heteroatoms. The van der Waals surface area contributed by atoms with E-state index in [1.54, 1.807) is 18.2 Å². The standard InChI is InChI=1S/C18H18BrN3O3S2/c1-22-12-2-3-17(22)21-27(24,25)15-8-4-13(5-9-15)20-18(23)11-7-14-6-10-16(19)26-14/h4-11H,2-3,12H2,1H3,(H,20,23). The van der Waals surface area contributed by atoms with Gasteiger partial charge in [0.2, 0.25) is 5.91 Å². The van der Waals surface area contributed by atoms with E-state index in [4.69, 9.17) is 0 Å². The molecule has 0 spiro atoms. The van der Waals surface area contributed by atoms with Crippen LogP contribution in [0.5, 0.6) is 0 Å². The summed E-state index contributed by atoms with van der Waals surface area (Å²) >= 11 is 4.89. The number of rotatable bonds is 5. The second kappa shape index (κ2) is 8.37. The number of halogens is 1. The van der Waals surface area contributed by atoms with Crippen molar-refractivity contribution in [2.24, 2.45) is 4.40 Å². The lowest BCUT2D eigenvalue weighted by atomic mass is 10.3. The fourth-order valence-electron chi connectivity index (χ4n) is 2.57. The molecule has 6 nitrogen and oxygen atoms in total. The lowest BCUT2D eigenvalue weighted by Gasteiger charge is -2.11. The molecule has 0 bridgehead atoms. The van der Waals surface area contributed by atoms with Crippen molar-refractivity contribution in [3.05, 3.63) is 51.1 Å². The van der Waals surface area contributed by atoms with Gasteiger partial charge in [-0.1, -0.05) is 0 Å². The third-order valence-corrected chi connectivity index (χ3v) is 6.88. The van der Waals surface area contributed by atoms with Crippen molar-refractivity contribution in [2.75, 3.05) is 18.9 Å². The Balaban J connectivity index is 1.66. The van der Waals surface area contributed by atoms with Crippen LogP contribution in [-0.4, -0.2) is 38.7 Å². The molecular weight excluding hydrogens is 450 g/mol. The predicted molar refractivity (Wildman–Crippen MR) is 113 cm³/mol. The smallest absolute Gasteiger partial charge is 0.283 e. The summed E-state index contributed by atoms with van der Waals surface area (Å²) in [6.07, 6.45) is 4.73. The summed E-state index contributed by atoms with van der Waals surface area (Å²) in [6, 6.07) is 9.82. The summed E-state index contributed by atoms with van der Waals surface area (Å²) in [6.45, 7) is 0.815. The minimum atomic E-state index is -3.75. The number of benzene rings is 1. The van der Waals surface area contributed by atoms with Gasteiger partial charge in [-0.05, 0) is 64.8 Å². The number of carbonyl (C=O) groups is 1. The van der Waals surface area contributed by atoms with E-state index in [2.05, 4.69) is 25.6 Å². The highest BCUT2D eigenvalue weighted by Crippen LogP contribution is 2.23. The Morgan fingerprint density at radius 2 is 2.00 bits per heavy atom. The van der Waals surface area contributed by atoms with Crippen LogP contribution < -0.4 is 5.32 Å². The van der Waals surface area contributed by atoms with E-state index in [0.29, 0.717) is 17.9 Å². The maximum absolute atomic E-state index is 12.4. The number of nitrogens with one attached hydrogen (secondary N) is 1. The number of carbonyl (C=O) groups excluding carboxylic acids is 1. The highest BCUT2D eigenvalue weighted by Gasteiger charge is 2.20. The molecule has 2 aromatic rings. The zero-order valence-corrected chi connectivity index (χ0v) is 17.8. The first-order valence-corrected chi connectivity index (χ1v) is 11.3. The van der Waals surface area contributed by atoms with Crippen molar-refractivity contribution in [2.45, 2.75) is 17.7 Å². The first-order valence-electron chi connectivity index (χ1n) is 8.23. The third kappa shape index (κ3) is 5.27. The summed E-state index contributed by atoms with van der Waals surface area (Å²) in [5.41, 5.74) is 0.515. The van der Waals surface area contributed by atoms with Crippen molar-refractivity contribution in [3.63, 3.8) is 0 Å². The van der Waals surface area contributed by atoms with E-state index in [1.807, 2.05) is 24.1 Å². The van der Waals surface area contributed by atoms with Crippen LogP contribution in [-0.2, 0) is 14.8 Å². The van der Waals surface area contributed by atoms with Crippen LogP contribution in [0.15, 0.2) is 55.6 Å². The second-order valence-electron chi connectivity index (χ2n) is 6.00. The molecule has 1 N–H and O–H groups in total. The maximum atomic E-state index is 12.4. The molecule has 0 unspecified atom stereocenters. The Morgan fingerprint density at radius 1 is 1.26 bits per heavy atom. The average molecular weight is 468 g/mol. The molecule has 3 rings (SSSR count). The molecule has 2 heterocycles. The zero-order chi connectivity index (χ0) is 19.4. The van der Waals surface area contributed by atoms with E-state index in [1.165, 1.54) is 29.5 Å². The lowest BCUT2D eigenvalue weighted by Crippen LogP contribution is -2.20. The Bertz CT molecular complexity index is 995. The van der Waals surface area contributed by atoms with Crippen molar-refractivity contribution in [3.8, 4) is 0 Å².